The number of nitrogens with zero attached hydrogens (tertiary/aromatic N) is 1. The summed E-state index contributed by atoms with van der Waals surface area (Å²) in [5.41, 5.74) is -0.152. The summed E-state index contributed by atoms with van der Waals surface area (Å²) in [7, 11) is 0. The van der Waals surface area contributed by atoms with Crippen molar-refractivity contribution in [3.05, 3.63) is 0 Å². The van der Waals surface area contributed by atoms with Gasteiger partial charge in [-0.1, -0.05) is 27.7 Å². The van der Waals surface area contributed by atoms with E-state index in [0.29, 0.717) is 23.8 Å². The van der Waals surface area contributed by atoms with E-state index in [1.807, 2.05) is 0 Å². The Morgan fingerprint density at radius 2 is 1.94 bits per heavy atom. The standard InChI is InChI=1S/C15H26N2O/c1-9(2)13-16-15(7-8-15)14(18)17(13)12-6-5-10(3)11(12)4/h9-13,16H,5-8H2,1-4H3. The molecule has 102 valence electrons. The molecule has 3 nitrogen and oxygen atoms in total. The predicted octanol–water partition coefficient (Wildman–Crippen LogP) is 2.37. The minimum atomic E-state index is -0.152. The van der Waals surface area contributed by atoms with E-state index in [9.17, 15) is 4.79 Å². The molecule has 0 aromatic rings. The topological polar surface area (TPSA) is 32.3 Å². The quantitative estimate of drug-likeness (QED) is 0.816. The van der Waals surface area contributed by atoms with Crippen molar-refractivity contribution in [3.63, 3.8) is 0 Å². The molecule has 18 heavy (non-hydrogen) atoms. The highest BCUT2D eigenvalue weighted by atomic mass is 16.2. The van der Waals surface area contributed by atoms with E-state index in [0.717, 1.165) is 18.8 Å². The number of rotatable bonds is 2. The Kier molecular flexibility index (Phi) is 2.74. The first kappa shape index (κ1) is 12.5. The minimum absolute atomic E-state index is 0.152. The largest absolute Gasteiger partial charge is 0.322 e. The van der Waals surface area contributed by atoms with Crippen LogP contribution in [0.4, 0.5) is 0 Å². The summed E-state index contributed by atoms with van der Waals surface area (Å²) in [6.45, 7) is 9.10. The lowest BCUT2D eigenvalue weighted by molar-refractivity contribution is -0.134. The Morgan fingerprint density at radius 3 is 2.39 bits per heavy atom. The molecule has 1 spiro atoms. The van der Waals surface area contributed by atoms with Crippen molar-refractivity contribution in [1.82, 2.24) is 10.2 Å². The second-order valence-electron chi connectivity index (χ2n) is 7.11. The van der Waals surface area contributed by atoms with Gasteiger partial charge >= 0.3 is 0 Å². The number of hydrogen-bond donors (Lipinski definition) is 1. The van der Waals surface area contributed by atoms with Crippen molar-refractivity contribution in [2.75, 3.05) is 0 Å². The predicted molar refractivity (Wildman–Crippen MR) is 71.9 cm³/mol. The van der Waals surface area contributed by atoms with Gasteiger partial charge in [0.2, 0.25) is 5.91 Å². The molecule has 4 unspecified atom stereocenters. The summed E-state index contributed by atoms with van der Waals surface area (Å²) in [6, 6.07) is 0.465. The van der Waals surface area contributed by atoms with E-state index in [-0.39, 0.29) is 11.7 Å². The monoisotopic (exact) mass is 250 g/mol. The van der Waals surface area contributed by atoms with Crippen LogP contribution in [-0.2, 0) is 4.79 Å². The van der Waals surface area contributed by atoms with Crippen LogP contribution in [0.15, 0.2) is 0 Å². The fourth-order valence-electron chi connectivity index (χ4n) is 3.85. The first-order valence-corrected chi connectivity index (χ1v) is 7.57. The van der Waals surface area contributed by atoms with Crippen LogP contribution >= 0.6 is 0 Å². The van der Waals surface area contributed by atoms with E-state index in [1.165, 1.54) is 12.8 Å². The summed E-state index contributed by atoms with van der Waals surface area (Å²) in [5.74, 6) is 2.29. The van der Waals surface area contributed by atoms with Gasteiger partial charge in [0.25, 0.3) is 0 Å². The third-order valence-electron chi connectivity index (χ3n) is 5.53. The summed E-state index contributed by atoms with van der Waals surface area (Å²) in [4.78, 5) is 14.9. The van der Waals surface area contributed by atoms with Crippen molar-refractivity contribution in [1.29, 1.82) is 0 Å². The molecule has 0 aromatic heterocycles. The Labute approximate surface area is 110 Å². The molecular weight excluding hydrogens is 224 g/mol. The van der Waals surface area contributed by atoms with Gasteiger partial charge in [0, 0.05) is 6.04 Å². The lowest BCUT2D eigenvalue weighted by Crippen LogP contribution is -2.48. The molecule has 1 amide bonds. The smallest absolute Gasteiger partial charge is 0.244 e. The van der Waals surface area contributed by atoms with Gasteiger partial charge in [0.15, 0.2) is 0 Å². The number of amides is 1. The van der Waals surface area contributed by atoms with Gasteiger partial charge in [-0.3, -0.25) is 10.1 Å². The number of hydrogen-bond acceptors (Lipinski definition) is 2. The van der Waals surface area contributed by atoms with E-state index in [1.54, 1.807) is 0 Å². The molecule has 0 aromatic carbocycles. The van der Waals surface area contributed by atoms with Crippen molar-refractivity contribution in [2.45, 2.75) is 71.1 Å². The lowest BCUT2D eigenvalue weighted by atomic mass is 9.95. The average molecular weight is 250 g/mol. The molecule has 3 aliphatic rings. The van der Waals surface area contributed by atoms with E-state index < -0.39 is 0 Å². The summed E-state index contributed by atoms with van der Waals surface area (Å²) >= 11 is 0. The second kappa shape index (κ2) is 3.96. The van der Waals surface area contributed by atoms with Gasteiger partial charge in [-0.25, -0.2) is 0 Å². The Hall–Kier alpha value is -0.570. The lowest BCUT2D eigenvalue weighted by Gasteiger charge is -2.35. The minimum Gasteiger partial charge on any atom is -0.322 e. The van der Waals surface area contributed by atoms with Crippen LogP contribution in [0.5, 0.6) is 0 Å². The fraction of sp³-hybridized carbons (Fsp3) is 0.933. The van der Waals surface area contributed by atoms with Gasteiger partial charge in [-0.2, -0.15) is 0 Å². The van der Waals surface area contributed by atoms with Crippen molar-refractivity contribution in [3.8, 4) is 0 Å². The second-order valence-corrected chi connectivity index (χ2v) is 7.11. The molecule has 0 bridgehead atoms. The molecule has 1 heterocycles. The maximum Gasteiger partial charge on any atom is 0.244 e. The third kappa shape index (κ3) is 1.63. The normalized spacial score (nSPS) is 42.3. The molecule has 3 fully saturated rings. The van der Waals surface area contributed by atoms with E-state index >= 15 is 0 Å². The van der Waals surface area contributed by atoms with E-state index in [4.69, 9.17) is 0 Å². The number of carbonyl (C=O) groups is 1. The van der Waals surface area contributed by atoms with Gasteiger partial charge < -0.3 is 4.90 Å². The molecule has 2 saturated carbocycles. The maximum absolute atomic E-state index is 12.7. The average Bonchev–Trinajstić information content (AvgIpc) is 2.96. The zero-order valence-electron chi connectivity index (χ0n) is 12.1. The molecule has 3 heteroatoms. The Bertz CT molecular complexity index is 362. The maximum atomic E-state index is 12.7. The first-order chi connectivity index (χ1) is 8.46. The van der Waals surface area contributed by atoms with Gasteiger partial charge in [0.05, 0.1) is 11.7 Å². The molecule has 1 N–H and O–H groups in total. The van der Waals surface area contributed by atoms with Crippen LogP contribution in [0.2, 0.25) is 0 Å². The highest BCUT2D eigenvalue weighted by molar-refractivity contribution is 5.92. The van der Waals surface area contributed by atoms with Crippen LogP contribution in [-0.4, -0.2) is 28.6 Å². The number of nitrogens with one attached hydrogen (secondary N) is 1. The summed E-state index contributed by atoms with van der Waals surface area (Å²) < 4.78 is 0. The van der Waals surface area contributed by atoms with Crippen LogP contribution in [0.1, 0.15) is 53.4 Å². The number of carbonyl (C=O) groups excluding carboxylic acids is 1. The third-order valence-corrected chi connectivity index (χ3v) is 5.53. The van der Waals surface area contributed by atoms with Gasteiger partial charge in [-0.05, 0) is 43.4 Å². The van der Waals surface area contributed by atoms with E-state index in [2.05, 4.69) is 37.9 Å². The zero-order chi connectivity index (χ0) is 13.1. The van der Waals surface area contributed by atoms with Crippen molar-refractivity contribution in [2.24, 2.45) is 17.8 Å². The molecule has 1 saturated heterocycles. The van der Waals surface area contributed by atoms with Gasteiger partial charge in [0.1, 0.15) is 0 Å². The van der Waals surface area contributed by atoms with Crippen LogP contribution in [0.25, 0.3) is 0 Å². The fourth-order valence-corrected chi connectivity index (χ4v) is 3.85. The zero-order valence-corrected chi connectivity index (χ0v) is 12.1. The van der Waals surface area contributed by atoms with Crippen LogP contribution in [0.3, 0.4) is 0 Å². The Balaban J connectivity index is 1.86. The molecule has 3 rings (SSSR count). The molecular formula is C15H26N2O. The van der Waals surface area contributed by atoms with Crippen molar-refractivity contribution < 1.29 is 4.79 Å². The molecule has 1 aliphatic heterocycles. The summed E-state index contributed by atoms with van der Waals surface area (Å²) in [5, 5.41) is 3.63. The highest BCUT2D eigenvalue weighted by Crippen LogP contribution is 2.47. The van der Waals surface area contributed by atoms with Crippen LogP contribution < -0.4 is 5.32 Å². The van der Waals surface area contributed by atoms with Crippen LogP contribution in [0, 0.1) is 17.8 Å². The Morgan fingerprint density at radius 1 is 1.28 bits per heavy atom. The molecule has 2 aliphatic carbocycles. The van der Waals surface area contributed by atoms with Crippen molar-refractivity contribution >= 4 is 5.91 Å². The first-order valence-electron chi connectivity index (χ1n) is 7.57. The SMILES string of the molecule is CC(C)C1NC2(CC2)C(=O)N1C1CCC(C)C1C. The molecule has 0 radical (unpaired) electrons. The highest BCUT2D eigenvalue weighted by Gasteiger charge is 2.61. The summed E-state index contributed by atoms with van der Waals surface area (Å²) in [6.07, 6.45) is 4.81. The molecule has 4 atom stereocenters. The van der Waals surface area contributed by atoms with Gasteiger partial charge in [-0.15, -0.1) is 0 Å².